The van der Waals surface area contributed by atoms with Crippen LogP contribution in [0.5, 0.6) is 5.75 Å². The van der Waals surface area contributed by atoms with Gasteiger partial charge in [0, 0.05) is 18.7 Å². The number of rotatable bonds is 6. The van der Waals surface area contributed by atoms with Crippen LogP contribution in [0.25, 0.3) is 0 Å². The first-order valence-corrected chi connectivity index (χ1v) is 7.15. The average Bonchev–Trinajstić information content (AvgIpc) is 3.17. The molecule has 0 atom stereocenters. The molecule has 5 heteroatoms. The summed E-state index contributed by atoms with van der Waals surface area (Å²) < 4.78 is 10.6. The number of benzene rings is 1. The molecule has 0 bridgehead atoms. The third-order valence-corrected chi connectivity index (χ3v) is 3.52. The minimum Gasteiger partial charge on any atom is -0.486 e. The molecule has 0 aliphatic heterocycles. The van der Waals surface area contributed by atoms with E-state index in [0.29, 0.717) is 23.4 Å². The third-order valence-electron chi connectivity index (χ3n) is 3.22. The standard InChI is InChI=1S/C15H17ClN2O2/c1-10-6-13(18-20-10)9-19-15-5-2-11(7-14(15)16)8-17-12-3-4-12/h2,5-7,12,17H,3-4,8-9H2,1H3. The molecule has 20 heavy (non-hydrogen) atoms. The molecule has 1 fully saturated rings. The van der Waals surface area contributed by atoms with Crippen LogP contribution in [-0.4, -0.2) is 11.2 Å². The summed E-state index contributed by atoms with van der Waals surface area (Å²) in [5.41, 5.74) is 1.93. The van der Waals surface area contributed by atoms with Gasteiger partial charge in [-0.2, -0.15) is 0 Å². The molecule has 2 aromatic rings. The minimum absolute atomic E-state index is 0.358. The van der Waals surface area contributed by atoms with Crippen LogP contribution in [0.4, 0.5) is 0 Å². The number of ether oxygens (including phenoxy) is 1. The van der Waals surface area contributed by atoms with Crippen molar-refractivity contribution in [2.24, 2.45) is 0 Å². The Labute approximate surface area is 123 Å². The SMILES string of the molecule is Cc1cc(COc2ccc(CNC3CC3)cc2Cl)no1. The zero-order valence-electron chi connectivity index (χ0n) is 11.4. The molecule has 1 saturated carbocycles. The van der Waals surface area contributed by atoms with E-state index < -0.39 is 0 Å². The summed E-state index contributed by atoms with van der Waals surface area (Å²) >= 11 is 6.24. The van der Waals surface area contributed by atoms with Crippen molar-refractivity contribution in [1.82, 2.24) is 10.5 Å². The largest absolute Gasteiger partial charge is 0.486 e. The summed E-state index contributed by atoms with van der Waals surface area (Å²) in [6, 6.07) is 8.42. The molecule has 3 rings (SSSR count). The van der Waals surface area contributed by atoms with Gasteiger partial charge in [0.05, 0.1) is 5.02 Å². The van der Waals surface area contributed by atoms with Gasteiger partial charge < -0.3 is 14.6 Å². The molecule has 1 aliphatic rings. The van der Waals surface area contributed by atoms with E-state index in [1.807, 2.05) is 31.2 Å². The van der Waals surface area contributed by atoms with E-state index in [0.717, 1.165) is 18.0 Å². The summed E-state index contributed by atoms with van der Waals surface area (Å²) in [6.07, 6.45) is 2.57. The van der Waals surface area contributed by atoms with Crippen LogP contribution < -0.4 is 10.1 Å². The summed E-state index contributed by atoms with van der Waals surface area (Å²) in [7, 11) is 0. The Hall–Kier alpha value is -1.52. The van der Waals surface area contributed by atoms with Crippen LogP contribution in [0.2, 0.25) is 5.02 Å². The van der Waals surface area contributed by atoms with Gasteiger partial charge in [-0.05, 0) is 37.5 Å². The number of nitrogens with zero attached hydrogens (tertiary/aromatic N) is 1. The molecule has 0 radical (unpaired) electrons. The molecule has 4 nitrogen and oxygen atoms in total. The maximum atomic E-state index is 6.24. The number of aromatic nitrogens is 1. The second kappa shape index (κ2) is 5.85. The highest BCUT2D eigenvalue weighted by molar-refractivity contribution is 6.32. The lowest BCUT2D eigenvalue weighted by Gasteiger charge is -2.09. The summed E-state index contributed by atoms with van der Waals surface area (Å²) in [4.78, 5) is 0. The molecule has 0 saturated heterocycles. The second-order valence-corrected chi connectivity index (χ2v) is 5.54. The predicted molar refractivity (Wildman–Crippen MR) is 76.9 cm³/mol. The first-order chi connectivity index (χ1) is 9.70. The van der Waals surface area contributed by atoms with Gasteiger partial charge in [0.2, 0.25) is 0 Å². The van der Waals surface area contributed by atoms with E-state index in [9.17, 15) is 0 Å². The van der Waals surface area contributed by atoms with Crippen molar-refractivity contribution in [2.45, 2.75) is 39.0 Å². The van der Waals surface area contributed by atoms with Crippen LogP contribution >= 0.6 is 11.6 Å². The maximum absolute atomic E-state index is 6.24. The fourth-order valence-electron chi connectivity index (χ4n) is 1.96. The molecule has 1 aromatic heterocycles. The monoisotopic (exact) mass is 292 g/mol. The molecule has 1 N–H and O–H groups in total. The zero-order chi connectivity index (χ0) is 13.9. The summed E-state index contributed by atoms with van der Waals surface area (Å²) in [6.45, 7) is 3.06. The van der Waals surface area contributed by atoms with Crippen molar-refractivity contribution in [1.29, 1.82) is 0 Å². The molecule has 0 unspecified atom stereocenters. The van der Waals surface area contributed by atoms with E-state index in [4.69, 9.17) is 20.9 Å². The molecular formula is C15H17ClN2O2. The van der Waals surface area contributed by atoms with Crippen LogP contribution in [0.1, 0.15) is 29.9 Å². The lowest BCUT2D eigenvalue weighted by molar-refractivity contribution is 0.288. The third kappa shape index (κ3) is 3.52. The fraction of sp³-hybridized carbons (Fsp3) is 0.400. The maximum Gasteiger partial charge on any atom is 0.138 e. The number of hydrogen-bond donors (Lipinski definition) is 1. The first-order valence-electron chi connectivity index (χ1n) is 6.77. The van der Waals surface area contributed by atoms with Crippen LogP contribution in [0, 0.1) is 6.92 Å². The van der Waals surface area contributed by atoms with Crippen molar-refractivity contribution < 1.29 is 9.26 Å². The lowest BCUT2D eigenvalue weighted by atomic mass is 10.2. The van der Waals surface area contributed by atoms with Gasteiger partial charge in [-0.15, -0.1) is 0 Å². The minimum atomic E-state index is 0.358. The first kappa shape index (κ1) is 13.5. The van der Waals surface area contributed by atoms with Gasteiger partial charge in [0.15, 0.2) is 0 Å². The Balaban J connectivity index is 1.58. The lowest BCUT2D eigenvalue weighted by Crippen LogP contribution is -2.15. The Morgan fingerprint density at radius 3 is 2.90 bits per heavy atom. The van der Waals surface area contributed by atoms with Gasteiger partial charge in [-0.1, -0.05) is 22.8 Å². The van der Waals surface area contributed by atoms with Crippen LogP contribution in [-0.2, 0) is 13.2 Å². The van der Waals surface area contributed by atoms with Crippen molar-refractivity contribution in [3.8, 4) is 5.75 Å². The van der Waals surface area contributed by atoms with Crippen LogP contribution in [0.3, 0.4) is 0 Å². The van der Waals surface area contributed by atoms with E-state index in [2.05, 4.69) is 10.5 Å². The summed E-state index contributed by atoms with van der Waals surface area (Å²) in [5.74, 6) is 1.44. The van der Waals surface area contributed by atoms with Gasteiger partial charge in [0.25, 0.3) is 0 Å². The molecular weight excluding hydrogens is 276 g/mol. The highest BCUT2D eigenvalue weighted by Crippen LogP contribution is 2.27. The van der Waals surface area contributed by atoms with E-state index >= 15 is 0 Å². The van der Waals surface area contributed by atoms with Gasteiger partial charge in [0.1, 0.15) is 23.8 Å². The Morgan fingerprint density at radius 1 is 1.40 bits per heavy atom. The fourth-order valence-corrected chi connectivity index (χ4v) is 2.22. The predicted octanol–water partition coefficient (Wildman–Crippen LogP) is 3.47. The van der Waals surface area contributed by atoms with E-state index in [1.165, 1.54) is 18.4 Å². The van der Waals surface area contributed by atoms with E-state index in [1.54, 1.807) is 0 Å². The normalized spacial score (nSPS) is 14.5. The smallest absolute Gasteiger partial charge is 0.138 e. The average molecular weight is 293 g/mol. The van der Waals surface area contributed by atoms with Crippen molar-refractivity contribution in [3.63, 3.8) is 0 Å². The highest BCUT2D eigenvalue weighted by atomic mass is 35.5. The van der Waals surface area contributed by atoms with Crippen LogP contribution in [0.15, 0.2) is 28.8 Å². The Kier molecular flexibility index (Phi) is 3.94. The van der Waals surface area contributed by atoms with E-state index in [-0.39, 0.29) is 0 Å². The zero-order valence-corrected chi connectivity index (χ0v) is 12.1. The second-order valence-electron chi connectivity index (χ2n) is 5.14. The van der Waals surface area contributed by atoms with Gasteiger partial charge in [-0.25, -0.2) is 0 Å². The molecule has 106 valence electrons. The Bertz CT molecular complexity index is 593. The van der Waals surface area contributed by atoms with Crippen molar-refractivity contribution in [2.75, 3.05) is 0 Å². The Morgan fingerprint density at radius 2 is 2.25 bits per heavy atom. The summed E-state index contributed by atoms with van der Waals surface area (Å²) in [5, 5.41) is 7.96. The van der Waals surface area contributed by atoms with Crippen molar-refractivity contribution >= 4 is 11.6 Å². The number of nitrogens with one attached hydrogen (secondary N) is 1. The number of hydrogen-bond acceptors (Lipinski definition) is 4. The molecule has 0 spiro atoms. The number of aryl methyl sites for hydroxylation is 1. The highest BCUT2D eigenvalue weighted by Gasteiger charge is 2.20. The molecule has 1 aliphatic carbocycles. The molecule has 1 aromatic carbocycles. The quantitative estimate of drug-likeness (QED) is 0.885. The van der Waals surface area contributed by atoms with Crippen molar-refractivity contribution in [3.05, 3.63) is 46.3 Å². The number of halogens is 1. The molecule has 0 amide bonds. The van der Waals surface area contributed by atoms with Gasteiger partial charge >= 0.3 is 0 Å². The molecule has 1 heterocycles. The topological polar surface area (TPSA) is 47.3 Å². The van der Waals surface area contributed by atoms with Gasteiger partial charge in [-0.3, -0.25) is 0 Å².